The van der Waals surface area contributed by atoms with Crippen LogP contribution in [0.3, 0.4) is 0 Å². The summed E-state index contributed by atoms with van der Waals surface area (Å²) < 4.78 is 5.62. The SMILES string of the molecule is Cc1cccc(OCC(=O)N2CCN(c3nc(C)c(C)s3)CC2)c1. The van der Waals surface area contributed by atoms with Crippen LogP contribution in [-0.2, 0) is 4.79 Å². The molecule has 2 aromatic rings. The van der Waals surface area contributed by atoms with Crippen LogP contribution in [0.4, 0.5) is 5.13 Å². The minimum absolute atomic E-state index is 0.0441. The number of carbonyl (C=O) groups excluding carboxylic acids is 1. The summed E-state index contributed by atoms with van der Waals surface area (Å²) in [5, 5.41) is 1.06. The Morgan fingerprint density at radius 1 is 1.21 bits per heavy atom. The van der Waals surface area contributed by atoms with Gasteiger partial charge < -0.3 is 14.5 Å². The van der Waals surface area contributed by atoms with Crippen molar-refractivity contribution in [3.63, 3.8) is 0 Å². The number of benzene rings is 1. The predicted molar refractivity (Wildman–Crippen MR) is 97.1 cm³/mol. The molecule has 0 N–H and O–H groups in total. The largest absolute Gasteiger partial charge is 0.484 e. The van der Waals surface area contributed by atoms with Gasteiger partial charge in [0.25, 0.3) is 5.91 Å². The van der Waals surface area contributed by atoms with E-state index in [0.717, 1.165) is 35.2 Å². The number of anilines is 1. The van der Waals surface area contributed by atoms with E-state index in [1.54, 1.807) is 11.3 Å². The number of carbonyl (C=O) groups is 1. The Kier molecular flexibility index (Phi) is 5.04. The minimum Gasteiger partial charge on any atom is -0.484 e. The maximum absolute atomic E-state index is 12.3. The van der Waals surface area contributed by atoms with Crippen molar-refractivity contribution >= 4 is 22.4 Å². The first-order chi connectivity index (χ1) is 11.5. The van der Waals surface area contributed by atoms with Gasteiger partial charge in [-0.15, -0.1) is 11.3 Å². The molecule has 1 aromatic heterocycles. The van der Waals surface area contributed by atoms with E-state index in [4.69, 9.17) is 4.74 Å². The van der Waals surface area contributed by atoms with E-state index in [-0.39, 0.29) is 12.5 Å². The lowest BCUT2D eigenvalue weighted by Crippen LogP contribution is -2.50. The Balaban J connectivity index is 1.50. The van der Waals surface area contributed by atoms with Crippen molar-refractivity contribution in [1.82, 2.24) is 9.88 Å². The average molecular weight is 345 g/mol. The van der Waals surface area contributed by atoms with E-state index < -0.39 is 0 Å². The maximum Gasteiger partial charge on any atom is 0.260 e. The molecule has 1 saturated heterocycles. The fraction of sp³-hybridized carbons (Fsp3) is 0.444. The zero-order chi connectivity index (χ0) is 17.1. The van der Waals surface area contributed by atoms with Gasteiger partial charge in [0.1, 0.15) is 5.75 Å². The third-order valence-electron chi connectivity index (χ3n) is 4.27. The highest BCUT2D eigenvalue weighted by atomic mass is 32.1. The molecule has 0 radical (unpaired) electrons. The first-order valence-electron chi connectivity index (χ1n) is 8.19. The molecule has 1 amide bonds. The quantitative estimate of drug-likeness (QED) is 0.855. The van der Waals surface area contributed by atoms with Gasteiger partial charge in [-0.3, -0.25) is 4.79 Å². The van der Waals surface area contributed by atoms with Gasteiger partial charge in [0.15, 0.2) is 11.7 Å². The zero-order valence-corrected chi connectivity index (χ0v) is 15.2. The van der Waals surface area contributed by atoms with Gasteiger partial charge in [0.05, 0.1) is 5.69 Å². The summed E-state index contributed by atoms with van der Waals surface area (Å²) in [6.07, 6.45) is 0. The lowest BCUT2D eigenvalue weighted by Gasteiger charge is -2.34. The van der Waals surface area contributed by atoms with Crippen molar-refractivity contribution in [2.75, 3.05) is 37.7 Å². The molecule has 5 nitrogen and oxygen atoms in total. The van der Waals surface area contributed by atoms with Crippen LogP contribution in [0.2, 0.25) is 0 Å². The summed E-state index contributed by atoms with van der Waals surface area (Å²) in [4.78, 5) is 22.3. The van der Waals surface area contributed by atoms with Crippen LogP contribution < -0.4 is 9.64 Å². The molecule has 1 aromatic carbocycles. The highest BCUT2D eigenvalue weighted by Crippen LogP contribution is 2.26. The zero-order valence-electron chi connectivity index (χ0n) is 14.4. The second kappa shape index (κ2) is 7.21. The van der Waals surface area contributed by atoms with Gasteiger partial charge in [-0.2, -0.15) is 0 Å². The molecule has 3 rings (SSSR count). The van der Waals surface area contributed by atoms with Crippen LogP contribution in [0, 0.1) is 20.8 Å². The van der Waals surface area contributed by atoms with Crippen molar-refractivity contribution in [1.29, 1.82) is 0 Å². The molecule has 0 atom stereocenters. The molecule has 24 heavy (non-hydrogen) atoms. The van der Waals surface area contributed by atoms with E-state index in [2.05, 4.69) is 16.8 Å². The molecule has 2 heterocycles. The van der Waals surface area contributed by atoms with Crippen molar-refractivity contribution in [3.8, 4) is 5.75 Å². The van der Waals surface area contributed by atoms with Crippen LogP contribution in [-0.4, -0.2) is 48.6 Å². The van der Waals surface area contributed by atoms with Gasteiger partial charge in [-0.25, -0.2) is 4.98 Å². The van der Waals surface area contributed by atoms with Crippen LogP contribution in [0.25, 0.3) is 0 Å². The molecule has 0 unspecified atom stereocenters. The Hall–Kier alpha value is -2.08. The van der Waals surface area contributed by atoms with E-state index in [1.807, 2.05) is 43.0 Å². The molecular formula is C18H23N3O2S. The lowest BCUT2D eigenvalue weighted by atomic mass is 10.2. The van der Waals surface area contributed by atoms with Gasteiger partial charge in [0, 0.05) is 31.1 Å². The molecule has 1 aliphatic heterocycles. The molecule has 0 aliphatic carbocycles. The van der Waals surface area contributed by atoms with Crippen molar-refractivity contribution in [2.45, 2.75) is 20.8 Å². The second-order valence-corrected chi connectivity index (χ2v) is 7.29. The Morgan fingerprint density at radius 3 is 2.58 bits per heavy atom. The molecule has 0 bridgehead atoms. The Morgan fingerprint density at radius 2 is 1.96 bits per heavy atom. The first-order valence-corrected chi connectivity index (χ1v) is 9.01. The van der Waals surface area contributed by atoms with E-state index in [0.29, 0.717) is 13.1 Å². The number of rotatable bonds is 4. The normalized spacial score (nSPS) is 14.8. The van der Waals surface area contributed by atoms with Crippen LogP contribution in [0.15, 0.2) is 24.3 Å². The monoisotopic (exact) mass is 345 g/mol. The molecule has 0 saturated carbocycles. The standard InChI is InChI=1S/C18H23N3O2S/c1-13-5-4-6-16(11-13)23-12-17(22)20-7-9-21(10-8-20)18-19-14(2)15(3)24-18/h4-6,11H,7-10,12H2,1-3H3. The molecule has 1 aliphatic rings. The summed E-state index contributed by atoms with van der Waals surface area (Å²) in [5.41, 5.74) is 2.22. The topological polar surface area (TPSA) is 45.7 Å². The van der Waals surface area contributed by atoms with E-state index >= 15 is 0 Å². The predicted octanol–water partition coefficient (Wildman–Crippen LogP) is 2.80. The van der Waals surface area contributed by atoms with Crippen LogP contribution >= 0.6 is 11.3 Å². The summed E-state index contributed by atoms with van der Waals surface area (Å²) in [7, 11) is 0. The summed E-state index contributed by atoms with van der Waals surface area (Å²) in [5.74, 6) is 0.790. The number of piperazine rings is 1. The number of nitrogens with zero attached hydrogens (tertiary/aromatic N) is 3. The van der Waals surface area contributed by atoms with E-state index in [1.165, 1.54) is 4.88 Å². The second-order valence-electron chi connectivity index (χ2n) is 6.11. The molecule has 1 fully saturated rings. The Labute approximate surface area is 146 Å². The summed E-state index contributed by atoms with van der Waals surface area (Å²) >= 11 is 1.73. The van der Waals surface area contributed by atoms with Gasteiger partial charge in [0.2, 0.25) is 0 Å². The smallest absolute Gasteiger partial charge is 0.260 e. The first kappa shape index (κ1) is 16.8. The molecule has 0 spiro atoms. The highest BCUT2D eigenvalue weighted by Gasteiger charge is 2.23. The Bertz CT molecular complexity index is 701. The summed E-state index contributed by atoms with van der Waals surface area (Å²) in [6.45, 7) is 9.32. The number of aromatic nitrogens is 1. The molecule has 6 heteroatoms. The molecular weight excluding hydrogens is 322 g/mol. The third-order valence-corrected chi connectivity index (χ3v) is 5.41. The number of hydrogen-bond acceptors (Lipinski definition) is 5. The van der Waals surface area contributed by atoms with Crippen molar-refractivity contribution in [3.05, 3.63) is 40.4 Å². The van der Waals surface area contributed by atoms with E-state index in [9.17, 15) is 4.79 Å². The van der Waals surface area contributed by atoms with Gasteiger partial charge in [-0.05, 0) is 38.5 Å². The van der Waals surface area contributed by atoms with Gasteiger partial charge in [-0.1, -0.05) is 12.1 Å². The van der Waals surface area contributed by atoms with Gasteiger partial charge >= 0.3 is 0 Å². The fourth-order valence-electron chi connectivity index (χ4n) is 2.68. The third kappa shape index (κ3) is 3.87. The van der Waals surface area contributed by atoms with Crippen LogP contribution in [0.5, 0.6) is 5.75 Å². The average Bonchev–Trinajstić information content (AvgIpc) is 2.92. The summed E-state index contributed by atoms with van der Waals surface area (Å²) in [6, 6.07) is 7.77. The maximum atomic E-state index is 12.3. The number of ether oxygens (including phenoxy) is 1. The number of aryl methyl sites for hydroxylation is 3. The minimum atomic E-state index is 0.0441. The van der Waals surface area contributed by atoms with Crippen molar-refractivity contribution < 1.29 is 9.53 Å². The molecule has 128 valence electrons. The fourth-order valence-corrected chi connectivity index (χ4v) is 3.64. The number of thiazole rings is 1. The van der Waals surface area contributed by atoms with Crippen LogP contribution in [0.1, 0.15) is 16.1 Å². The number of hydrogen-bond donors (Lipinski definition) is 0. The highest BCUT2D eigenvalue weighted by molar-refractivity contribution is 7.15. The lowest BCUT2D eigenvalue weighted by molar-refractivity contribution is -0.133. The van der Waals surface area contributed by atoms with Crippen molar-refractivity contribution in [2.24, 2.45) is 0 Å². The number of amides is 1.